The van der Waals surface area contributed by atoms with Gasteiger partial charge in [-0.1, -0.05) is 0 Å². The number of rotatable bonds is 2. The van der Waals surface area contributed by atoms with Crippen molar-refractivity contribution in [2.75, 3.05) is 13.8 Å². The van der Waals surface area contributed by atoms with Gasteiger partial charge in [-0.2, -0.15) is 0 Å². The van der Waals surface area contributed by atoms with Gasteiger partial charge in [0.25, 0.3) is 0 Å². The molecule has 0 bridgehead atoms. The van der Waals surface area contributed by atoms with Crippen LogP contribution in [-0.4, -0.2) is 25.8 Å². The quantitative estimate of drug-likeness (QED) is 0.499. The van der Waals surface area contributed by atoms with Crippen LogP contribution in [0.3, 0.4) is 0 Å². The van der Waals surface area contributed by atoms with Crippen LogP contribution in [0.1, 0.15) is 0 Å². The first-order valence-electron chi connectivity index (χ1n) is 2.11. The van der Waals surface area contributed by atoms with Crippen molar-refractivity contribution >= 4 is 5.97 Å². The number of alkyl halides is 1. The maximum Gasteiger partial charge on any atom is 0.325 e. The van der Waals surface area contributed by atoms with Crippen LogP contribution in [0.25, 0.3) is 0 Å². The van der Waals surface area contributed by atoms with Crippen LogP contribution in [0, 0.1) is 0 Å². The predicted octanol–water partition coefficient (Wildman–Crippen LogP) is -0.544. The topological polar surface area (TPSA) is 52.3 Å². The van der Waals surface area contributed by atoms with Crippen LogP contribution in [0.4, 0.5) is 4.39 Å². The van der Waals surface area contributed by atoms with E-state index in [1.165, 1.54) is 0 Å². The fourth-order valence-corrected chi connectivity index (χ4v) is 0.214. The van der Waals surface area contributed by atoms with Crippen molar-refractivity contribution in [3.8, 4) is 0 Å². The molecular weight excluding hydrogens is 113 g/mol. The highest BCUT2D eigenvalue weighted by molar-refractivity contribution is 5.75. The van der Waals surface area contributed by atoms with Crippen molar-refractivity contribution in [1.29, 1.82) is 0 Å². The first-order valence-corrected chi connectivity index (χ1v) is 2.11. The number of carbonyl (C=O) groups is 1. The molecule has 0 rings (SSSR count). The van der Waals surface area contributed by atoms with Gasteiger partial charge in [-0.05, 0) is 0 Å². The van der Waals surface area contributed by atoms with E-state index in [1.807, 2.05) is 0 Å². The average Bonchev–Trinajstić information content (AvgIpc) is 1.84. The first-order chi connectivity index (χ1) is 3.72. The second-order valence-corrected chi connectivity index (χ2v) is 1.28. The van der Waals surface area contributed by atoms with Crippen LogP contribution in [0.15, 0.2) is 0 Å². The lowest BCUT2D eigenvalue weighted by Crippen LogP contribution is -2.33. The van der Waals surface area contributed by atoms with Crippen LogP contribution >= 0.6 is 0 Å². The van der Waals surface area contributed by atoms with E-state index in [4.69, 9.17) is 5.73 Å². The van der Waals surface area contributed by atoms with E-state index in [1.54, 1.807) is 0 Å². The average molecular weight is 121 g/mol. The van der Waals surface area contributed by atoms with Gasteiger partial charge in [-0.25, -0.2) is 4.39 Å². The molecule has 3 nitrogen and oxygen atoms in total. The summed E-state index contributed by atoms with van der Waals surface area (Å²) in [6, 6.07) is -1.11. The Hall–Kier alpha value is -0.640. The van der Waals surface area contributed by atoms with Crippen molar-refractivity contribution in [1.82, 2.24) is 0 Å². The molecule has 0 saturated heterocycles. The molecule has 0 aliphatic heterocycles. The number of esters is 1. The lowest BCUT2D eigenvalue weighted by molar-refractivity contribution is -0.142. The fourth-order valence-electron chi connectivity index (χ4n) is 0.214. The molecule has 4 heteroatoms. The van der Waals surface area contributed by atoms with Gasteiger partial charge in [0.05, 0.1) is 7.11 Å². The molecule has 0 aromatic carbocycles. The van der Waals surface area contributed by atoms with Crippen molar-refractivity contribution in [3.63, 3.8) is 0 Å². The molecule has 1 unspecified atom stereocenters. The number of nitrogens with two attached hydrogens (primary N) is 1. The Morgan fingerprint density at radius 2 is 2.50 bits per heavy atom. The summed E-state index contributed by atoms with van der Waals surface area (Å²) in [4.78, 5) is 10.2. The molecule has 0 amide bonds. The van der Waals surface area contributed by atoms with Crippen molar-refractivity contribution in [2.45, 2.75) is 6.04 Å². The largest absolute Gasteiger partial charge is 0.468 e. The van der Waals surface area contributed by atoms with Gasteiger partial charge in [0.1, 0.15) is 12.7 Å². The Labute approximate surface area is 46.6 Å². The maximum atomic E-state index is 11.4. The molecule has 48 valence electrons. The van der Waals surface area contributed by atoms with E-state index in [0.717, 1.165) is 7.11 Å². The Kier molecular flexibility index (Phi) is 3.10. The molecule has 1 atom stereocenters. The standard InChI is InChI=1S/C4H8FNO2/c1-8-4(7)3(6)2-5/h3H,2,6H2,1H3. The van der Waals surface area contributed by atoms with Gasteiger partial charge >= 0.3 is 5.97 Å². The van der Waals surface area contributed by atoms with E-state index in [2.05, 4.69) is 4.74 Å². The van der Waals surface area contributed by atoms with Gasteiger partial charge in [-0.15, -0.1) is 0 Å². The Morgan fingerprint density at radius 1 is 2.00 bits per heavy atom. The summed E-state index contributed by atoms with van der Waals surface area (Å²) in [6.07, 6.45) is 0. The van der Waals surface area contributed by atoms with Crippen LogP contribution in [0.2, 0.25) is 0 Å². The first kappa shape index (κ1) is 7.36. The number of carbonyl (C=O) groups excluding carboxylic acids is 1. The Morgan fingerprint density at radius 3 is 2.62 bits per heavy atom. The molecular formula is C4H8FNO2. The summed E-state index contributed by atoms with van der Waals surface area (Å²) in [5.41, 5.74) is 4.88. The van der Waals surface area contributed by atoms with Crippen LogP contribution < -0.4 is 5.73 Å². The van der Waals surface area contributed by atoms with E-state index in [0.29, 0.717) is 0 Å². The summed E-state index contributed by atoms with van der Waals surface area (Å²) in [7, 11) is 1.16. The number of methoxy groups -OCH3 is 1. The molecule has 8 heavy (non-hydrogen) atoms. The molecule has 2 N–H and O–H groups in total. The van der Waals surface area contributed by atoms with Crippen molar-refractivity contribution < 1.29 is 13.9 Å². The second kappa shape index (κ2) is 3.37. The zero-order valence-corrected chi connectivity index (χ0v) is 4.56. The fraction of sp³-hybridized carbons (Fsp3) is 0.750. The third-order valence-corrected chi connectivity index (χ3v) is 0.670. The highest BCUT2D eigenvalue weighted by Gasteiger charge is 2.11. The van der Waals surface area contributed by atoms with Crippen LogP contribution in [0.5, 0.6) is 0 Å². The summed E-state index contributed by atoms with van der Waals surface area (Å²) >= 11 is 0. The Balaban J connectivity index is 3.46. The van der Waals surface area contributed by atoms with E-state index < -0.39 is 18.7 Å². The number of ether oxygens (including phenoxy) is 1. The molecule has 0 fully saturated rings. The van der Waals surface area contributed by atoms with Gasteiger partial charge in [0.2, 0.25) is 0 Å². The molecule has 0 radical (unpaired) electrons. The molecule has 0 aromatic heterocycles. The van der Waals surface area contributed by atoms with Gasteiger partial charge in [0.15, 0.2) is 0 Å². The molecule has 0 saturated carbocycles. The zero-order valence-electron chi connectivity index (χ0n) is 4.56. The van der Waals surface area contributed by atoms with E-state index >= 15 is 0 Å². The smallest absolute Gasteiger partial charge is 0.325 e. The number of hydrogen-bond acceptors (Lipinski definition) is 3. The zero-order chi connectivity index (χ0) is 6.57. The lowest BCUT2D eigenvalue weighted by Gasteiger charge is -2.01. The third kappa shape index (κ3) is 1.88. The van der Waals surface area contributed by atoms with Crippen molar-refractivity contribution in [3.05, 3.63) is 0 Å². The minimum atomic E-state index is -1.11. The van der Waals surface area contributed by atoms with Crippen molar-refractivity contribution in [2.24, 2.45) is 5.73 Å². The van der Waals surface area contributed by atoms with E-state index in [9.17, 15) is 9.18 Å². The summed E-state index contributed by atoms with van der Waals surface area (Å²) in [5.74, 6) is -0.715. The minimum Gasteiger partial charge on any atom is -0.468 e. The summed E-state index contributed by atoms with van der Waals surface area (Å²) in [5, 5.41) is 0. The normalized spacial score (nSPS) is 12.9. The van der Waals surface area contributed by atoms with E-state index in [-0.39, 0.29) is 0 Å². The SMILES string of the molecule is COC(=O)C(N)CF. The molecule has 0 heterocycles. The minimum absolute atomic E-state index is 0.715. The van der Waals surface area contributed by atoms with Crippen LogP contribution in [-0.2, 0) is 9.53 Å². The van der Waals surface area contributed by atoms with Gasteiger partial charge in [0, 0.05) is 0 Å². The third-order valence-electron chi connectivity index (χ3n) is 0.670. The molecule has 0 aromatic rings. The molecule has 0 aliphatic carbocycles. The van der Waals surface area contributed by atoms with Gasteiger partial charge in [-0.3, -0.25) is 4.79 Å². The molecule has 0 aliphatic rings. The lowest BCUT2D eigenvalue weighted by atomic mass is 10.4. The summed E-state index contributed by atoms with van der Waals surface area (Å²) < 4.78 is 15.5. The highest BCUT2D eigenvalue weighted by atomic mass is 19.1. The predicted molar refractivity (Wildman–Crippen MR) is 26.0 cm³/mol. The maximum absolute atomic E-state index is 11.4. The number of hydrogen-bond donors (Lipinski definition) is 1. The monoisotopic (exact) mass is 121 g/mol. The van der Waals surface area contributed by atoms with Gasteiger partial charge < -0.3 is 10.5 Å². The number of halogens is 1. The highest BCUT2D eigenvalue weighted by Crippen LogP contribution is 1.82. The summed E-state index contributed by atoms with van der Waals surface area (Å²) in [6.45, 7) is -0.868. The molecule has 0 spiro atoms. The Bertz CT molecular complexity index is 86.1. The second-order valence-electron chi connectivity index (χ2n) is 1.28.